The number of hydrogen-bond donors (Lipinski definition) is 0. The predicted octanol–water partition coefficient (Wildman–Crippen LogP) is 2.21. The molecule has 2 rings (SSSR count). The van der Waals surface area contributed by atoms with Gasteiger partial charge in [-0.3, -0.25) is 10.1 Å². The Balaban J connectivity index is 2.55. The van der Waals surface area contributed by atoms with E-state index in [1.807, 2.05) is 6.07 Å². The molecule has 78 valence electrons. The van der Waals surface area contributed by atoms with Gasteiger partial charge in [0.25, 0.3) is 5.69 Å². The van der Waals surface area contributed by atoms with Crippen LogP contribution < -0.4 is 0 Å². The molecular formula is C11H11NO3. The van der Waals surface area contributed by atoms with Crippen molar-refractivity contribution in [2.24, 2.45) is 0 Å². The molecule has 0 aliphatic heterocycles. The number of aldehydes is 1. The van der Waals surface area contributed by atoms with Crippen LogP contribution in [-0.4, -0.2) is 11.2 Å². The summed E-state index contributed by atoms with van der Waals surface area (Å²) in [5, 5.41) is 10.8. The van der Waals surface area contributed by atoms with Crippen LogP contribution in [0.1, 0.15) is 29.9 Å². The van der Waals surface area contributed by atoms with Gasteiger partial charge in [-0.2, -0.15) is 0 Å². The fraction of sp³-hybridized carbons (Fsp3) is 0.364. The van der Waals surface area contributed by atoms with Gasteiger partial charge in [0.15, 0.2) is 0 Å². The van der Waals surface area contributed by atoms with Crippen LogP contribution in [0.15, 0.2) is 18.2 Å². The normalized spacial score (nSPS) is 19.3. The van der Waals surface area contributed by atoms with Crippen molar-refractivity contribution < 1.29 is 9.72 Å². The van der Waals surface area contributed by atoms with Crippen LogP contribution in [0.25, 0.3) is 0 Å². The van der Waals surface area contributed by atoms with E-state index in [0.29, 0.717) is 6.42 Å². The van der Waals surface area contributed by atoms with Crippen LogP contribution in [0, 0.1) is 10.1 Å². The Hall–Kier alpha value is -1.71. The zero-order valence-corrected chi connectivity index (χ0v) is 8.18. The van der Waals surface area contributed by atoms with E-state index in [1.54, 1.807) is 6.07 Å². The number of fused-ring (bicyclic) bond motifs is 1. The minimum absolute atomic E-state index is 0.152. The number of carbonyl (C=O) groups excluding carboxylic acids is 1. The Bertz CT molecular complexity index is 414. The van der Waals surface area contributed by atoms with Gasteiger partial charge in [0.1, 0.15) is 6.29 Å². The quantitative estimate of drug-likeness (QED) is 0.422. The van der Waals surface area contributed by atoms with Gasteiger partial charge in [-0.25, -0.2) is 0 Å². The van der Waals surface area contributed by atoms with Crippen LogP contribution in [0.3, 0.4) is 0 Å². The Morgan fingerprint density at radius 1 is 1.47 bits per heavy atom. The molecule has 1 aromatic rings. The molecule has 0 aromatic heterocycles. The van der Waals surface area contributed by atoms with Gasteiger partial charge < -0.3 is 4.79 Å². The number of nitrogens with zero attached hydrogens (tertiary/aromatic N) is 1. The topological polar surface area (TPSA) is 60.2 Å². The summed E-state index contributed by atoms with van der Waals surface area (Å²) in [7, 11) is 0. The van der Waals surface area contributed by atoms with Crippen LogP contribution in [0.2, 0.25) is 0 Å². The minimum atomic E-state index is -0.369. The number of carbonyl (C=O) groups is 1. The van der Waals surface area contributed by atoms with E-state index in [4.69, 9.17) is 0 Å². The van der Waals surface area contributed by atoms with E-state index in [0.717, 1.165) is 30.3 Å². The highest BCUT2D eigenvalue weighted by atomic mass is 16.6. The maximum absolute atomic E-state index is 10.8. The molecule has 0 fully saturated rings. The zero-order valence-electron chi connectivity index (χ0n) is 8.18. The van der Waals surface area contributed by atoms with Gasteiger partial charge in [0.05, 0.1) is 4.92 Å². The van der Waals surface area contributed by atoms with Gasteiger partial charge in [-0.1, -0.05) is 12.1 Å². The zero-order chi connectivity index (χ0) is 10.8. The van der Waals surface area contributed by atoms with Crippen molar-refractivity contribution in [2.45, 2.75) is 25.2 Å². The summed E-state index contributed by atoms with van der Waals surface area (Å²) < 4.78 is 0. The first-order valence-electron chi connectivity index (χ1n) is 4.95. The van der Waals surface area contributed by atoms with Crippen LogP contribution in [-0.2, 0) is 11.2 Å². The average Bonchev–Trinajstić information content (AvgIpc) is 2.27. The molecule has 0 N–H and O–H groups in total. The number of benzene rings is 1. The van der Waals surface area contributed by atoms with Crippen molar-refractivity contribution in [3.05, 3.63) is 39.4 Å². The smallest absolute Gasteiger partial charge is 0.272 e. The number of nitro groups is 1. The van der Waals surface area contributed by atoms with E-state index < -0.39 is 0 Å². The fourth-order valence-corrected chi connectivity index (χ4v) is 2.18. The average molecular weight is 205 g/mol. The molecule has 0 bridgehead atoms. The Morgan fingerprint density at radius 2 is 2.27 bits per heavy atom. The van der Waals surface area contributed by atoms with Gasteiger partial charge in [0.2, 0.25) is 0 Å². The largest absolute Gasteiger partial charge is 0.303 e. The molecule has 4 heteroatoms. The van der Waals surface area contributed by atoms with Crippen molar-refractivity contribution in [3.8, 4) is 0 Å². The number of rotatable bonds is 2. The summed E-state index contributed by atoms with van der Waals surface area (Å²) in [6.45, 7) is 0. The second kappa shape index (κ2) is 3.81. The standard InChI is InChI=1S/C11H11NO3/c13-7-8-3-1-5-10-9(8)4-2-6-11(10)12(14)15/h2,4,6-8H,1,3,5H2. The SMILES string of the molecule is O=CC1CCCc2c1cccc2[N+](=O)[O-]. The van der Waals surface area contributed by atoms with Crippen LogP contribution >= 0.6 is 0 Å². The third kappa shape index (κ3) is 1.63. The highest BCUT2D eigenvalue weighted by molar-refractivity contribution is 5.66. The van der Waals surface area contributed by atoms with E-state index in [9.17, 15) is 14.9 Å². The lowest BCUT2D eigenvalue weighted by Crippen LogP contribution is -2.12. The number of hydrogen-bond acceptors (Lipinski definition) is 3. The maximum atomic E-state index is 10.8. The molecule has 1 aliphatic carbocycles. The summed E-state index contributed by atoms with van der Waals surface area (Å²) in [4.78, 5) is 21.3. The Kier molecular flexibility index (Phi) is 2.49. The molecule has 1 unspecified atom stereocenters. The Labute approximate surface area is 87.1 Å². The van der Waals surface area contributed by atoms with Gasteiger partial charge in [-0.15, -0.1) is 0 Å². The first kappa shape index (κ1) is 9.83. The monoisotopic (exact) mass is 205 g/mol. The molecule has 0 spiro atoms. The van der Waals surface area contributed by atoms with Crippen molar-refractivity contribution >= 4 is 12.0 Å². The molecule has 0 saturated carbocycles. The van der Waals surface area contributed by atoms with Crippen molar-refractivity contribution in [1.82, 2.24) is 0 Å². The first-order chi connectivity index (χ1) is 7.24. The van der Waals surface area contributed by atoms with E-state index in [1.165, 1.54) is 6.07 Å². The fourth-order valence-electron chi connectivity index (χ4n) is 2.18. The summed E-state index contributed by atoms with van der Waals surface area (Å²) in [6, 6.07) is 4.98. The predicted molar refractivity (Wildman–Crippen MR) is 54.8 cm³/mol. The van der Waals surface area contributed by atoms with E-state index in [2.05, 4.69) is 0 Å². The maximum Gasteiger partial charge on any atom is 0.272 e. The molecule has 0 amide bonds. The summed E-state index contributed by atoms with van der Waals surface area (Å²) >= 11 is 0. The van der Waals surface area contributed by atoms with E-state index >= 15 is 0 Å². The second-order valence-corrected chi connectivity index (χ2v) is 3.74. The Morgan fingerprint density at radius 3 is 2.93 bits per heavy atom. The molecule has 0 heterocycles. The lowest BCUT2D eigenvalue weighted by Gasteiger charge is -2.20. The van der Waals surface area contributed by atoms with Crippen molar-refractivity contribution in [3.63, 3.8) is 0 Å². The van der Waals surface area contributed by atoms with Gasteiger partial charge in [0, 0.05) is 17.5 Å². The second-order valence-electron chi connectivity index (χ2n) is 3.74. The molecule has 1 atom stereocenters. The third-order valence-electron chi connectivity index (χ3n) is 2.89. The van der Waals surface area contributed by atoms with Crippen LogP contribution in [0.4, 0.5) is 5.69 Å². The molecule has 1 aliphatic rings. The lowest BCUT2D eigenvalue weighted by atomic mass is 9.83. The molecular weight excluding hydrogens is 194 g/mol. The summed E-state index contributed by atoms with van der Waals surface area (Å²) in [5.41, 5.74) is 1.73. The van der Waals surface area contributed by atoms with Crippen LogP contribution in [0.5, 0.6) is 0 Å². The van der Waals surface area contributed by atoms with E-state index in [-0.39, 0.29) is 16.5 Å². The highest BCUT2D eigenvalue weighted by Gasteiger charge is 2.25. The molecule has 1 aromatic carbocycles. The first-order valence-corrected chi connectivity index (χ1v) is 4.95. The van der Waals surface area contributed by atoms with Crippen molar-refractivity contribution in [1.29, 1.82) is 0 Å². The van der Waals surface area contributed by atoms with Crippen molar-refractivity contribution in [2.75, 3.05) is 0 Å². The van der Waals surface area contributed by atoms with Gasteiger partial charge in [-0.05, 0) is 24.8 Å². The molecule has 0 saturated heterocycles. The van der Waals surface area contributed by atoms with Gasteiger partial charge >= 0.3 is 0 Å². The molecule has 0 radical (unpaired) electrons. The summed E-state index contributed by atoms with van der Waals surface area (Å²) in [5.74, 6) is -0.159. The summed E-state index contributed by atoms with van der Waals surface area (Å²) in [6.07, 6.45) is 3.25. The number of nitro benzene ring substituents is 1. The highest BCUT2D eigenvalue weighted by Crippen LogP contribution is 2.35. The lowest BCUT2D eigenvalue weighted by molar-refractivity contribution is -0.385. The minimum Gasteiger partial charge on any atom is -0.303 e. The molecule has 4 nitrogen and oxygen atoms in total. The molecule has 15 heavy (non-hydrogen) atoms. The third-order valence-corrected chi connectivity index (χ3v) is 2.89.